The standard InChI is InChI=1S/C19H13FN2O3S/c1-3-11-22-16-14(20)5-4-6-15(16)26-19(22)21-17(23)12-7-9-13(10-8-12)18(24)25-2/h1,4-10H,11H2,2H3. The van der Waals surface area contributed by atoms with Gasteiger partial charge in [0.2, 0.25) is 0 Å². The third kappa shape index (κ3) is 3.27. The van der Waals surface area contributed by atoms with Crippen LogP contribution in [0.5, 0.6) is 0 Å². The van der Waals surface area contributed by atoms with Crippen LogP contribution in [0.1, 0.15) is 20.7 Å². The molecular weight excluding hydrogens is 355 g/mol. The number of fused-ring (bicyclic) bond motifs is 1. The van der Waals surface area contributed by atoms with E-state index >= 15 is 0 Å². The van der Waals surface area contributed by atoms with Gasteiger partial charge in [0.15, 0.2) is 4.80 Å². The molecule has 0 aliphatic carbocycles. The Labute approximate surface area is 152 Å². The molecule has 2 aromatic carbocycles. The Morgan fingerprint density at radius 1 is 1.23 bits per heavy atom. The van der Waals surface area contributed by atoms with Crippen LogP contribution in [0.3, 0.4) is 0 Å². The van der Waals surface area contributed by atoms with Crippen molar-refractivity contribution in [3.63, 3.8) is 0 Å². The predicted octanol–water partition coefficient (Wildman–Crippen LogP) is 3.00. The molecule has 0 fully saturated rings. The Morgan fingerprint density at radius 3 is 2.58 bits per heavy atom. The molecule has 5 nitrogen and oxygen atoms in total. The fourth-order valence-corrected chi connectivity index (χ4v) is 3.47. The van der Waals surface area contributed by atoms with Gasteiger partial charge in [-0.05, 0) is 36.4 Å². The van der Waals surface area contributed by atoms with E-state index in [0.29, 0.717) is 26.1 Å². The maximum Gasteiger partial charge on any atom is 0.337 e. The summed E-state index contributed by atoms with van der Waals surface area (Å²) in [5.74, 6) is 1.02. The molecule has 0 spiro atoms. The number of benzene rings is 2. The van der Waals surface area contributed by atoms with Crippen LogP contribution in [-0.2, 0) is 11.3 Å². The van der Waals surface area contributed by atoms with Crippen molar-refractivity contribution in [2.75, 3.05) is 7.11 Å². The third-order valence-corrected chi connectivity index (χ3v) is 4.69. The lowest BCUT2D eigenvalue weighted by Gasteiger charge is -2.01. The molecule has 0 atom stereocenters. The Kier molecular flexibility index (Phi) is 4.96. The Hall–Kier alpha value is -3.24. The van der Waals surface area contributed by atoms with E-state index in [1.54, 1.807) is 12.1 Å². The number of halogens is 1. The first-order valence-electron chi connectivity index (χ1n) is 7.54. The molecule has 3 aromatic rings. The van der Waals surface area contributed by atoms with Gasteiger partial charge in [-0.3, -0.25) is 4.79 Å². The van der Waals surface area contributed by atoms with Gasteiger partial charge in [0.1, 0.15) is 5.82 Å². The van der Waals surface area contributed by atoms with Crippen LogP contribution in [0.2, 0.25) is 0 Å². The molecule has 7 heteroatoms. The quantitative estimate of drug-likeness (QED) is 0.527. The number of methoxy groups -OCH3 is 1. The number of nitrogens with zero attached hydrogens (tertiary/aromatic N) is 2. The van der Waals surface area contributed by atoms with Crippen molar-refractivity contribution in [3.05, 3.63) is 64.2 Å². The highest BCUT2D eigenvalue weighted by molar-refractivity contribution is 7.16. The number of esters is 1. The number of para-hydroxylation sites is 1. The number of hydrogen-bond acceptors (Lipinski definition) is 4. The molecule has 0 N–H and O–H groups in total. The van der Waals surface area contributed by atoms with Crippen LogP contribution >= 0.6 is 11.3 Å². The van der Waals surface area contributed by atoms with Crippen LogP contribution in [0.15, 0.2) is 47.5 Å². The first-order valence-corrected chi connectivity index (χ1v) is 8.35. The van der Waals surface area contributed by atoms with Gasteiger partial charge >= 0.3 is 5.97 Å². The number of ether oxygens (including phenoxy) is 1. The van der Waals surface area contributed by atoms with Crippen LogP contribution in [-0.4, -0.2) is 23.6 Å². The van der Waals surface area contributed by atoms with Gasteiger partial charge in [-0.15, -0.1) is 6.42 Å². The van der Waals surface area contributed by atoms with Crippen LogP contribution in [0, 0.1) is 18.2 Å². The molecule has 130 valence electrons. The zero-order valence-electron chi connectivity index (χ0n) is 13.7. The zero-order valence-corrected chi connectivity index (χ0v) is 14.5. The highest BCUT2D eigenvalue weighted by Gasteiger charge is 2.12. The van der Waals surface area contributed by atoms with Gasteiger partial charge in [0.25, 0.3) is 5.91 Å². The second-order valence-corrected chi connectivity index (χ2v) is 6.26. The monoisotopic (exact) mass is 368 g/mol. The lowest BCUT2D eigenvalue weighted by Crippen LogP contribution is -2.17. The largest absolute Gasteiger partial charge is 0.465 e. The number of hydrogen-bond donors (Lipinski definition) is 0. The Balaban J connectivity index is 2.05. The molecule has 0 aliphatic rings. The van der Waals surface area contributed by atoms with Gasteiger partial charge < -0.3 is 9.30 Å². The first-order chi connectivity index (χ1) is 12.5. The number of carbonyl (C=O) groups excluding carboxylic acids is 2. The van der Waals surface area contributed by atoms with Gasteiger partial charge in [-0.2, -0.15) is 4.99 Å². The number of carbonyl (C=O) groups is 2. The minimum absolute atomic E-state index is 0.0916. The molecule has 0 radical (unpaired) electrons. The number of thiazole rings is 1. The van der Waals surface area contributed by atoms with Crippen molar-refractivity contribution in [2.24, 2.45) is 4.99 Å². The topological polar surface area (TPSA) is 60.7 Å². The summed E-state index contributed by atoms with van der Waals surface area (Å²) in [5.41, 5.74) is 0.946. The lowest BCUT2D eigenvalue weighted by atomic mass is 10.1. The molecular formula is C19H13FN2O3S. The summed E-state index contributed by atoms with van der Waals surface area (Å²) >= 11 is 1.18. The van der Waals surface area contributed by atoms with E-state index in [9.17, 15) is 14.0 Å². The lowest BCUT2D eigenvalue weighted by molar-refractivity contribution is 0.0600. The molecule has 3 rings (SSSR count). The summed E-state index contributed by atoms with van der Waals surface area (Å²) < 4.78 is 20.9. The van der Waals surface area contributed by atoms with Crippen molar-refractivity contribution in [1.29, 1.82) is 0 Å². The smallest absolute Gasteiger partial charge is 0.337 e. The minimum Gasteiger partial charge on any atom is -0.465 e. The Bertz CT molecular complexity index is 1100. The highest BCUT2D eigenvalue weighted by Crippen LogP contribution is 2.20. The van der Waals surface area contributed by atoms with Crippen molar-refractivity contribution in [1.82, 2.24) is 4.57 Å². The molecule has 0 saturated heterocycles. The highest BCUT2D eigenvalue weighted by atomic mass is 32.1. The summed E-state index contributed by atoms with van der Waals surface area (Å²) in [4.78, 5) is 28.3. The molecule has 1 amide bonds. The molecule has 26 heavy (non-hydrogen) atoms. The molecule has 0 unspecified atom stereocenters. The van der Waals surface area contributed by atoms with Crippen molar-refractivity contribution in [3.8, 4) is 12.3 Å². The van der Waals surface area contributed by atoms with Crippen molar-refractivity contribution in [2.45, 2.75) is 6.54 Å². The fraction of sp³-hybridized carbons (Fsp3) is 0.105. The summed E-state index contributed by atoms with van der Waals surface area (Å²) in [6, 6.07) is 10.6. The second kappa shape index (κ2) is 7.33. The van der Waals surface area contributed by atoms with E-state index in [2.05, 4.69) is 15.6 Å². The van der Waals surface area contributed by atoms with Gasteiger partial charge in [0.05, 0.1) is 29.4 Å². The predicted molar refractivity (Wildman–Crippen MR) is 96.3 cm³/mol. The maximum absolute atomic E-state index is 14.1. The van der Waals surface area contributed by atoms with E-state index < -0.39 is 17.7 Å². The van der Waals surface area contributed by atoms with E-state index in [1.165, 1.54) is 53.3 Å². The average molecular weight is 368 g/mol. The summed E-state index contributed by atoms with van der Waals surface area (Å²) in [6.45, 7) is 0.0916. The van der Waals surface area contributed by atoms with Crippen LogP contribution in [0.4, 0.5) is 4.39 Å². The number of aromatic nitrogens is 1. The van der Waals surface area contributed by atoms with E-state index in [0.717, 1.165) is 0 Å². The summed E-state index contributed by atoms with van der Waals surface area (Å²) in [6.07, 6.45) is 5.37. The zero-order chi connectivity index (χ0) is 18.7. The molecule has 0 bridgehead atoms. The molecule has 1 heterocycles. The summed E-state index contributed by atoms with van der Waals surface area (Å²) in [5, 5.41) is 0. The van der Waals surface area contributed by atoms with E-state index in [1.807, 2.05) is 0 Å². The van der Waals surface area contributed by atoms with Crippen molar-refractivity contribution >= 4 is 33.4 Å². The van der Waals surface area contributed by atoms with Crippen molar-refractivity contribution < 1.29 is 18.7 Å². The number of terminal acetylenes is 1. The number of rotatable bonds is 3. The normalized spacial score (nSPS) is 11.3. The second-order valence-electron chi connectivity index (χ2n) is 5.25. The van der Waals surface area contributed by atoms with Crippen LogP contribution in [0.25, 0.3) is 10.2 Å². The van der Waals surface area contributed by atoms with Gasteiger partial charge in [-0.25, -0.2) is 9.18 Å². The van der Waals surface area contributed by atoms with Gasteiger partial charge in [0, 0.05) is 5.56 Å². The molecule has 1 aromatic heterocycles. The third-order valence-electron chi connectivity index (χ3n) is 3.65. The Morgan fingerprint density at radius 2 is 1.92 bits per heavy atom. The average Bonchev–Trinajstić information content (AvgIpc) is 3.00. The summed E-state index contributed by atoms with van der Waals surface area (Å²) in [7, 11) is 1.28. The molecule has 0 saturated carbocycles. The number of amides is 1. The SMILES string of the molecule is C#CCn1c(=NC(=O)c2ccc(C(=O)OC)cc2)sc2cccc(F)c21. The van der Waals surface area contributed by atoms with E-state index in [4.69, 9.17) is 6.42 Å². The molecule has 0 aliphatic heterocycles. The maximum atomic E-state index is 14.1. The van der Waals surface area contributed by atoms with Crippen LogP contribution < -0.4 is 4.80 Å². The fourth-order valence-electron chi connectivity index (χ4n) is 2.43. The minimum atomic E-state index is -0.515. The van der Waals surface area contributed by atoms with E-state index in [-0.39, 0.29) is 6.54 Å². The first kappa shape index (κ1) is 17.6. The van der Waals surface area contributed by atoms with Gasteiger partial charge in [-0.1, -0.05) is 23.3 Å².